The average Bonchev–Trinajstić information content (AvgIpc) is 3.14. The first-order valence-electron chi connectivity index (χ1n) is 9.78. The second-order valence-corrected chi connectivity index (χ2v) is 10.5. The van der Waals surface area contributed by atoms with Crippen molar-refractivity contribution < 1.29 is 17.9 Å². The third kappa shape index (κ3) is 4.48. The molecule has 7 nitrogen and oxygen atoms in total. The van der Waals surface area contributed by atoms with Gasteiger partial charge in [0.1, 0.15) is 5.75 Å². The number of aryl methyl sites for hydroxylation is 2. The number of aromatic nitrogens is 1. The molecule has 2 aromatic carbocycles. The number of anilines is 1. The SMILES string of the molecule is COc1cccc(S(=O)(=O)N2CCc3nc(NC(=O)c4cc(C)cc(C)c4)sc3C2)c1. The Kier molecular flexibility index (Phi) is 5.83. The lowest BCUT2D eigenvalue weighted by Crippen LogP contribution is -2.35. The predicted octanol–water partition coefficient (Wildman–Crippen LogP) is 3.77. The molecule has 1 N–H and O–H groups in total. The van der Waals surface area contributed by atoms with Crippen LogP contribution >= 0.6 is 11.3 Å². The molecule has 1 aromatic heterocycles. The summed E-state index contributed by atoms with van der Waals surface area (Å²) >= 11 is 1.32. The zero-order valence-electron chi connectivity index (χ0n) is 17.5. The summed E-state index contributed by atoms with van der Waals surface area (Å²) in [5.74, 6) is 0.270. The van der Waals surface area contributed by atoms with Crippen LogP contribution in [-0.2, 0) is 23.0 Å². The topological polar surface area (TPSA) is 88.6 Å². The summed E-state index contributed by atoms with van der Waals surface area (Å²) in [6.07, 6.45) is 0.494. The van der Waals surface area contributed by atoms with E-state index in [2.05, 4.69) is 10.3 Å². The number of ether oxygens (including phenoxy) is 1. The van der Waals surface area contributed by atoms with Crippen LogP contribution in [0.25, 0.3) is 0 Å². The number of carbonyl (C=O) groups excluding carboxylic acids is 1. The van der Waals surface area contributed by atoms with Crippen molar-refractivity contribution in [1.29, 1.82) is 0 Å². The Morgan fingerprint density at radius 2 is 1.90 bits per heavy atom. The van der Waals surface area contributed by atoms with Crippen LogP contribution in [0.15, 0.2) is 47.4 Å². The molecule has 0 saturated carbocycles. The number of hydrogen-bond acceptors (Lipinski definition) is 6. The molecular formula is C22H23N3O4S2. The highest BCUT2D eigenvalue weighted by Crippen LogP contribution is 2.32. The van der Waals surface area contributed by atoms with Gasteiger partial charge in [-0.2, -0.15) is 4.31 Å². The Morgan fingerprint density at radius 1 is 1.16 bits per heavy atom. The minimum atomic E-state index is -3.66. The van der Waals surface area contributed by atoms with Gasteiger partial charge in [0, 0.05) is 29.5 Å². The van der Waals surface area contributed by atoms with E-state index in [1.807, 2.05) is 32.0 Å². The fourth-order valence-corrected chi connectivity index (χ4v) is 6.16. The Hall–Kier alpha value is -2.75. The van der Waals surface area contributed by atoms with Crippen LogP contribution in [-0.4, -0.2) is 37.3 Å². The number of hydrogen-bond donors (Lipinski definition) is 1. The molecule has 1 amide bonds. The fraction of sp³-hybridized carbons (Fsp3) is 0.273. The normalized spacial score (nSPS) is 14.2. The molecule has 0 radical (unpaired) electrons. The maximum atomic E-state index is 13.1. The first kappa shape index (κ1) is 21.5. The summed E-state index contributed by atoms with van der Waals surface area (Å²) in [5.41, 5.74) is 3.44. The highest BCUT2D eigenvalue weighted by atomic mass is 32.2. The van der Waals surface area contributed by atoms with E-state index in [4.69, 9.17) is 4.74 Å². The Bertz CT molecular complexity index is 1230. The minimum Gasteiger partial charge on any atom is -0.497 e. The van der Waals surface area contributed by atoms with Crippen molar-refractivity contribution in [2.75, 3.05) is 19.0 Å². The first-order chi connectivity index (χ1) is 14.8. The van der Waals surface area contributed by atoms with E-state index in [-0.39, 0.29) is 17.3 Å². The van der Waals surface area contributed by atoms with Crippen LogP contribution in [0.3, 0.4) is 0 Å². The molecule has 1 aliphatic heterocycles. The van der Waals surface area contributed by atoms with Gasteiger partial charge in [0.2, 0.25) is 10.0 Å². The van der Waals surface area contributed by atoms with Gasteiger partial charge in [-0.1, -0.05) is 23.3 Å². The van der Waals surface area contributed by atoms with E-state index >= 15 is 0 Å². The van der Waals surface area contributed by atoms with Crippen molar-refractivity contribution in [3.63, 3.8) is 0 Å². The van der Waals surface area contributed by atoms with Gasteiger partial charge < -0.3 is 4.74 Å². The van der Waals surface area contributed by atoms with Crippen molar-refractivity contribution in [2.45, 2.75) is 31.7 Å². The molecule has 1 aliphatic rings. The van der Waals surface area contributed by atoms with Crippen LogP contribution < -0.4 is 10.1 Å². The summed E-state index contributed by atoms with van der Waals surface area (Å²) in [4.78, 5) is 18.2. The molecule has 3 aromatic rings. The summed E-state index contributed by atoms with van der Waals surface area (Å²) in [7, 11) is -2.15. The van der Waals surface area contributed by atoms with Gasteiger partial charge in [-0.25, -0.2) is 13.4 Å². The van der Waals surface area contributed by atoms with Crippen molar-refractivity contribution >= 4 is 32.4 Å². The lowest BCUT2D eigenvalue weighted by Gasteiger charge is -2.25. The number of sulfonamides is 1. The van der Waals surface area contributed by atoms with Gasteiger partial charge in [-0.3, -0.25) is 10.1 Å². The quantitative estimate of drug-likeness (QED) is 0.630. The molecule has 0 spiro atoms. The molecule has 31 heavy (non-hydrogen) atoms. The van der Waals surface area contributed by atoms with Gasteiger partial charge in [-0.15, -0.1) is 11.3 Å². The van der Waals surface area contributed by atoms with Gasteiger partial charge in [0.05, 0.1) is 24.2 Å². The van der Waals surface area contributed by atoms with Crippen molar-refractivity contribution in [3.05, 3.63) is 69.7 Å². The summed E-state index contributed by atoms with van der Waals surface area (Å²) in [6, 6.07) is 12.1. The summed E-state index contributed by atoms with van der Waals surface area (Å²) in [6.45, 7) is 4.46. The highest BCUT2D eigenvalue weighted by molar-refractivity contribution is 7.89. The molecule has 0 unspecified atom stereocenters. The number of benzene rings is 2. The second kappa shape index (κ2) is 8.41. The molecular weight excluding hydrogens is 434 g/mol. The summed E-state index contributed by atoms with van der Waals surface area (Å²) < 4.78 is 32.8. The number of fused-ring (bicyclic) bond motifs is 1. The van der Waals surface area contributed by atoms with Crippen LogP contribution in [0.1, 0.15) is 32.1 Å². The van der Waals surface area contributed by atoms with Crippen LogP contribution in [0.5, 0.6) is 5.75 Å². The number of rotatable bonds is 5. The molecule has 4 rings (SSSR count). The molecule has 9 heteroatoms. The van der Waals surface area contributed by atoms with Gasteiger partial charge in [0.15, 0.2) is 5.13 Å². The third-order valence-corrected chi connectivity index (χ3v) is 7.92. The smallest absolute Gasteiger partial charge is 0.257 e. The predicted molar refractivity (Wildman–Crippen MR) is 120 cm³/mol. The van der Waals surface area contributed by atoms with Crippen molar-refractivity contribution in [2.24, 2.45) is 0 Å². The van der Waals surface area contributed by atoms with E-state index in [0.717, 1.165) is 21.7 Å². The molecule has 0 atom stereocenters. The zero-order chi connectivity index (χ0) is 22.2. The van der Waals surface area contributed by atoms with E-state index in [1.165, 1.54) is 28.8 Å². The molecule has 0 aliphatic carbocycles. The molecule has 0 bridgehead atoms. The summed E-state index contributed by atoms with van der Waals surface area (Å²) in [5, 5.41) is 3.34. The van der Waals surface area contributed by atoms with Crippen molar-refractivity contribution in [1.82, 2.24) is 9.29 Å². The van der Waals surface area contributed by atoms with Crippen molar-refractivity contribution in [3.8, 4) is 5.75 Å². The highest BCUT2D eigenvalue weighted by Gasteiger charge is 2.31. The lowest BCUT2D eigenvalue weighted by molar-refractivity contribution is 0.102. The van der Waals surface area contributed by atoms with Gasteiger partial charge >= 0.3 is 0 Å². The number of nitrogens with one attached hydrogen (secondary N) is 1. The monoisotopic (exact) mass is 457 g/mol. The molecule has 0 saturated heterocycles. The van der Waals surface area contributed by atoms with Crippen LogP contribution in [0.2, 0.25) is 0 Å². The Labute approximate surface area is 185 Å². The molecule has 0 fully saturated rings. The number of thiazole rings is 1. The Balaban J connectivity index is 1.52. The largest absolute Gasteiger partial charge is 0.497 e. The molecule has 162 valence electrons. The average molecular weight is 458 g/mol. The zero-order valence-corrected chi connectivity index (χ0v) is 19.1. The van der Waals surface area contributed by atoms with Gasteiger partial charge in [0.25, 0.3) is 5.91 Å². The number of amides is 1. The first-order valence-corrected chi connectivity index (χ1v) is 12.0. The Morgan fingerprint density at radius 3 is 2.61 bits per heavy atom. The van der Waals surface area contributed by atoms with Crippen LogP contribution in [0, 0.1) is 13.8 Å². The van der Waals surface area contributed by atoms with E-state index in [0.29, 0.717) is 29.4 Å². The maximum absolute atomic E-state index is 13.1. The van der Waals surface area contributed by atoms with Gasteiger partial charge in [-0.05, 0) is 38.1 Å². The second-order valence-electron chi connectivity index (χ2n) is 7.49. The van der Waals surface area contributed by atoms with E-state index < -0.39 is 10.0 Å². The van der Waals surface area contributed by atoms with Crippen LogP contribution in [0.4, 0.5) is 5.13 Å². The minimum absolute atomic E-state index is 0.197. The van der Waals surface area contributed by atoms with E-state index in [9.17, 15) is 13.2 Å². The number of nitrogens with zero attached hydrogens (tertiary/aromatic N) is 2. The number of carbonyl (C=O) groups is 1. The fourth-order valence-electron chi connectivity index (χ4n) is 3.62. The maximum Gasteiger partial charge on any atom is 0.257 e. The third-order valence-electron chi connectivity index (χ3n) is 5.08. The lowest BCUT2D eigenvalue weighted by atomic mass is 10.1. The van der Waals surface area contributed by atoms with E-state index in [1.54, 1.807) is 18.2 Å². The molecule has 2 heterocycles. The number of methoxy groups -OCH3 is 1. The standard InChI is InChI=1S/C22H23N3O4S2/c1-14-9-15(2)11-16(10-14)21(26)24-22-23-19-7-8-25(13-20(19)30-22)31(27,28)18-6-4-5-17(12-18)29-3/h4-6,9-12H,7-8,13H2,1-3H3,(H,23,24,26).